The molecule has 0 radical (unpaired) electrons. The molecule has 0 aliphatic carbocycles. The third-order valence-corrected chi connectivity index (χ3v) is 4.53. The molecular weight excluding hydrogens is 327 g/mol. The predicted octanol–water partition coefficient (Wildman–Crippen LogP) is 4.81. The molecular formula is C14H10BrFN2S. The van der Waals surface area contributed by atoms with Crippen LogP contribution in [0.3, 0.4) is 0 Å². The van der Waals surface area contributed by atoms with Crippen LogP contribution in [0.4, 0.5) is 10.1 Å². The van der Waals surface area contributed by atoms with Gasteiger partial charge in [-0.05, 0) is 45.8 Å². The molecule has 0 saturated heterocycles. The van der Waals surface area contributed by atoms with Crippen LogP contribution in [0.2, 0.25) is 0 Å². The van der Waals surface area contributed by atoms with Gasteiger partial charge >= 0.3 is 0 Å². The Morgan fingerprint density at radius 2 is 2.16 bits per heavy atom. The van der Waals surface area contributed by atoms with Crippen molar-refractivity contribution in [1.82, 2.24) is 4.98 Å². The number of benzene rings is 2. The molecule has 96 valence electrons. The normalized spacial score (nSPS) is 10.8. The van der Waals surface area contributed by atoms with Crippen molar-refractivity contribution in [1.29, 1.82) is 0 Å². The summed E-state index contributed by atoms with van der Waals surface area (Å²) in [6.07, 6.45) is 0. The predicted molar refractivity (Wildman–Crippen MR) is 81.0 cm³/mol. The summed E-state index contributed by atoms with van der Waals surface area (Å²) in [5.41, 5.74) is 4.73. The lowest BCUT2D eigenvalue weighted by atomic mass is 10.2. The number of halogens is 2. The van der Waals surface area contributed by atoms with Gasteiger partial charge in [0.1, 0.15) is 5.82 Å². The highest BCUT2D eigenvalue weighted by molar-refractivity contribution is 9.10. The maximum atomic E-state index is 13.4. The van der Waals surface area contributed by atoms with Gasteiger partial charge in [0, 0.05) is 12.2 Å². The van der Waals surface area contributed by atoms with E-state index in [2.05, 4.69) is 32.3 Å². The van der Waals surface area contributed by atoms with E-state index in [9.17, 15) is 4.39 Å². The molecule has 0 fully saturated rings. The number of rotatable bonds is 3. The Balaban J connectivity index is 1.80. The first-order valence-electron chi connectivity index (χ1n) is 5.74. The fourth-order valence-corrected chi connectivity index (χ4v) is 2.97. The molecule has 2 aromatic carbocycles. The summed E-state index contributed by atoms with van der Waals surface area (Å²) in [4.78, 5) is 4.24. The molecule has 0 aliphatic rings. The molecule has 0 spiro atoms. The second kappa shape index (κ2) is 5.27. The number of hydrogen-bond acceptors (Lipinski definition) is 3. The minimum absolute atomic E-state index is 0.239. The lowest BCUT2D eigenvalue weighted by Crippen LogP contribution is -2.00. The Morgan fingerprint density at radius 1 is 1.26 bits per heavy atom. The van der Waals surface area contributed by atoms with Gasteiger partial charge < -0.3 is 5.32 Å². The minimum atomic E-state index is -0.239. The first kappa shape index (κ1) is 12.6. The standard InChI is InChI=1S/C14H10BrFN2S/c15-14-9(2-1-3-11(14)16)7-17-10-4-5-12-13(6-10)19-8-18-12/h1-6,8,17H,7H2. The molecule has 1 aromatic heterocycles. The number of aromatic nitrogens is 1. The van der Waals surface area contributed by atoms with Crippen molar-refractivity contribution in [3.63, 3.8) is 0 Å². The first-order valence-corrected chi connectivity index (χ1v) is 7.41. The van der Waals surface area contributed by atoms with Crippen molar-refractivity contribution in [2.75, 3.05) is 5.32 Å². The van der Waals surface area contributed by atoms with Gasteiger partial charge in [-0.2, -0.15) is 0 Å². The van der Waals surface area contributed by atoms with Crippen LogP contribution in [0.1, 0.15) is 5.56 Å². The Kier molecular flexibility index (Phi) is 3.48. The quantitative estimate of drug-likeness (QED) is 0.742. The van der Waals surface area contributed by atoms with Gasteiger partial charge in [-0.15, -0.1) is 11.3 Å². The van der Waals surface area contributed by atoms with Gasteiger partial charge in [-0.1, -0.05) is 12.1 Å². The van der Waals surface area contributed by atoms with Crippen molar-refractivity contribution >= 4 is 43.2 Å². The van der Waals surface area contributed by atoms with E-state index in [-0.39, 0.29) is 5.82 Å². The number of hydrogen-bond donors (Lipinski definition) is 1. The minimum Gasteiger partial charge on any atom is -0.381 e. The van der Waals surface area contributed by atoms with Crippen molar-refractivity contribution in [3.05, 3.63) is 57.8 Å². The van der Waals surface area contributed by atoms with E-state index in [1.54, 1.807) is 17.4 Å². The van der Waals surface area contributed by atoms with Crippen molar-refractivity contribution in [2.24, 2.45) is 0 Å². The lowest BCUT2D eigenvalue weighted by molar-refractivity contribution is 0.618. The van der Waals surface area contributed by atoms with Gasteiger partial charge in [-0.3, -0.25) is 0 Å². The summed E-state index contributed by atoms with van der Waals surface area (Å²) in [5, 5.41) is 3.29. The number of nitrogens with one attached hydrogen (secondary N) is 1. The zero-order chi connectivity index (χ0) is 13.2. The maximum absolute atomic E-state index is 13.4. The molecule has 1 heterocycles. The van der Waals surface area contributed by atoms with E-state index >= 15 is 0 Å². The summed E-state index contributed by atoms with van der Waals surface area (Å²) < 4.78 is 15.0. The van der Waals surface area contributed by atoms with E-state index in [0.29, 0.717) is 11.0 Å². The molecule has 0 unspecified atom stereocenters. The van der Waals surface area contributed by atoms with E-state index in [1.807, 2.05) is 23.7 Å². The zero-order valence-corrected chi connectivity index (χ0v) is 12.3. The largest absolute Gasteiger partial charge is 0.381 e. The molecule has 5 heteroatoms. The summed E-state index contributed by atoms with van der Waals surface area (Å²) in [6.45, 7) is 0.572. The molecule has 0 saturated carbocycles. The second-order valence-electron chi connectivity index (χ2n) is 4.10. The van der Waals surface area contributed by atoms with Crippen LogP contribution in [-0.4, -0.2) is 4.98 Å². The highest BCUT2D eigenvalue weighted by atomic mass is 79.9. The van der Waals surface area contributed by atoms with Crippen LogP contribution in [0.5, 0.6) is 0 Å². The number of nitrogens with zero attached hydrogens (tertiary/aromatic N) is 1. The number of anilines is 1. The Hall–Kier alpha value is -1.46. The number of fused-ring (bicyclic) bond motifs is 1. The molecule has 0 bridgehead atoms. The van der Waals surface area contributed by atoms with Gasteiger partial charge in [-0.25, -0.2) is 9.37 Å². The van der Waals surface area contributed by atoms with E-state index in [4.69, 9.17) is 0 Å². The molecule has 3 aromatic rings. The van der Waals surface area contributed by atoms with Crippen molar-refractivity contribution in [3.8, 4) is 0 Å². The molecule has 0 amide bonds. The Morgan fingerprint density at radius 3 is 3.05 bits per heavy atom. The summed E-state index contributed by atoms with van der Waals surface area (Å²) in [5.74, 6) is -0.239. The third kappa shape index (κ3) is 2.62. The van der Waals surface area contributed by atoms with Crippen LogP contribution in [-0.2, 0) is 6.54 Å². The molecule has 1 N–H and O–H groups in total. The Labute approximate surface area is 122 Å². The van der Waals surface area contributed by atoms with Gasteiger partial charge in [0.25, 0.3) is 0 Å². The smallest absolute Gasteiger partial charge is 0.137 e. The highest BCUT2D eigenvalue weighted by Gasteiger charge is 2.05. The molecule has 3 rings (SSSR count). The fraction of sp³-hybridized carbons (Fsp3) is 0.0714. The lowest BCUT2D eigenvalue weighted by Gasteiger charge is -2.08. The number of thiazole rings is 1. The van der Waals surface area contributed by atoms with Crippen LogP contribution >= 0.6 is 27.3 Å². The van der Waals surface area contributed by atoms with Crippen LogP contribution in [0, 0.1) is 5.82 Å². The topological polar surface area (TPSA) is 24.9 Å². The average Bonchev–Trinajstić information content (AvgIpc) is 2.88. The van der Waals surface area contributed by atoms with Crippen molar-refractivity contribution in [2.45, 2.75) is 6.54 Å². The third-order valence-electron chi connectivity index (χ3n) is 2.85. The maximum Gasteiger partial charge on any atom is 0.137 e. The monoisotopic (exact) mass is 336 g/mol. The van der Waals surface area contributed by atoms with Crippen LogP contribution < -0.4 is 5.32 Å². The summed E-state index contributed by atoms with van der Waals surface area (Å²) in [7, 11) is 0. The zero-order valence-electron chi connectivity index (χ0n) is 9.86. The SMILES string of the molecule is Fc1cccc(CNc2ccc3ncsc3c2)c1Br. The van der Waals surface area contributed by atoms with E-state index in [0.717, 1.165) is 21.5 Å². The summed E-state index contributed by atoms with van der Waals surface area (Å²) >= 11 is 4.87. The van der Waals surface area contributed by atoms with E-state index in [1.165, 1.54) is 6.07 Å². The van der Waals surface area contributed by atoms with Gasteiger partial charge in [0.2, 0.25) is 0 Å². The molecule has 0 aliphatic heterocycles. The molecule has 0 atom stereocenters. The Bertz CT molecular complexity index is 726. The molecule has 2 nitrogen and oxygen atoms in total. The van der Waals surface area contributed by atoms with Gasteiger partial charge in [0.05, 0.1) is 20.2 Å². The van der Waals surface area contributed by atoms with Crippen LogP contribution in [0.25, 0.3) is 10.2 Å². The van der Waals surface area contributed by atoms with Crippen LogP contribution in [0.15, 0.2) is 46.4 Å². The summed E-state index contributed by atoms with van der Waals surface area (Å²) in [6, 6.07) is 11.1. The highest BCUT2D eigenvalue weighted by Crippen LogP contribution is 2.24. The second-order valence-corrected chi connectivity index (χ2v) is 5.78. The molecule has 19 heavy (non-hydrogen) atoms. The van der Waals surface area contributed by atoms with E-state index < -0.39 is 0 Å². The van der Waals surface area contributed by atoms with Crippen molar-refractivity contribution < 1.29 is 4.39 Å². The van der Waals surface area contributed by atoms with Gasteiger partial charge in [0.15, 0.2) is 0 Å². The average molecular weight is 337 g/mol. The first-order chi connectivity index (χ1) is 9.24. The fourth-order valence-electron chi connectivity index (χ4n) is 1.85.